The van der Waals surface area contributed by atoms with E-state index in [1.165, 1.54) is 0 Å². The Labute approximate surface area is 101 Å². The molecular weight excluding hydrogens is 218 g/mol. The van der Waals surface area contributed by atoms with Crippen LogP contribution in [0.15, 0.2) is 24.3 Å². The number of aliphatic carboxylic acids is 1. The van der Waals surface area contributed by atoms with Crippen LogP contribution in [0.3, 0.4) is 0 Å². The van der Waals surface area contributed by atoms with E-state index in [1.54, 1.807) is 13.2 Å². The summed E-state index contributed by atoms with van der Waals surface area (Å²) in [6.07, 6.45) is 0. The highest BCUT2D eigenvalue weighted by Crippen LogP contribution is 2.25. The molecule has 0 heterocycles. The van der Waals surface area contributed by atoms with Gasteiger partial charge >= 0.3 is 5.97 Å². The van der Waals surface area contributed by atoms with Gasteiger partial charge in [0.15, 0.2) is 0 Å². The van der Waals surface area contributed by atoms with Gasteiger partial charge in [0.2, 0.25) is 0 Å². The van der Waals surface area contributed by atoms with Gasteiger partial charge in [0.25, 0.3) is 0 Å². The lowest BCUT2D eigenvalue weighted by atomic mass is 9.84. The van der Waals surface area contributed by atoms with E-state index < -0.39 is 12.0 Å². The third-order valence-corrected chi connectivity index (χ3v) is 2.80. The summed E-state index contributed by atoms with van der Waals surface area (Å²) in [7, 11) is 1.65. The first kappa shape index (κ1) is 13.7. The van der Waals surface area contributed by atoms with E-state index in [0.717, 1.165) is 5.56 Å². The average molecular weight is 237 g/mol. The largest absolute Gasteiger partial charge is 0.480 e. The molecule has 1 aromatic carbocycles. The molecule has 0 aliphatic rings. The monoisotopic (exact) mass is 237 g/mol. The molecule has 1 rings (SSSR count). The van der Waals surface area contributed by atoms with Gasteiger partial charge in [0.1, 0.15) is 6.04 Å². The van der Waals surface area contributed by atoms with Crippen molar-refractivity contribution in [2.45, 2.75) is 25.3 Å². The number of methoxy groups -OCH3 is 1. The molecule has 0 saturated carbocycles. The predicted octanol–water partition coefficient (Wildman–Crippen LogP) is 1.70. The van der Waals surface area contributed by atoms with Gasteiger partial charge in [0.05, 0.1) is 6.61 Å². The van der Waals surface area contributed by atoms with Crippen molar-refractivity contribution in [3.8, 4) is 0 Å². The number of nitrogens with two attached hydrogens (primary N) is 1. The minimum Gasteiger partial charge on any atom is -0.480 e. The summed E-state index contributed by atoms with van der Waals surface area (Å²) in [5.74, 6) is -1.02. The van der Waals surface area contributed by atoms with E-state index >= 15 is 0 Å². The van der Waals surface area contributed by atoms with Crippen molar-refractivity contribution in [1.29, 1.82) is 0 Å². The smallest absolute Gasteiger partial charge is 0.325 e. The van der Waals surface area contributed by atoms with Crippen LogP contribution in [0.25, 0.3) is 0 Å². The van der Waals surface area contributed by atoms with E-state index in [1.807, 2.05) is 32.0 Å². The Morgan fingerprint density at radius 1 is 1.53 bits per heavy atom. The van der Waals surface area contributed by atoms with Gasteiger partial charge in [0, 0.05) is 12.5 Å². The second kappa shape index (κ2) is 5.29. The minimum absolute atomic E-state index is 0.164. The first-order valence-corrected chi connectivity index (χ1v) is 5.46. The minimum atomic E-state index is -1.02. The fraction of sp³-hybridized carbons (Fsp3) is 0.462. The Kier molecular flexibility index (Phi) is 4.26. The average Bonchev–Trinajstić information content (AvgIpc) is 2.28. The molecule has 0 aliphatic heterocycles. The molecule has 0 fully saturated rings. The zero-order valence-corrected chi connectivity index (χ0v) is 10.4. The molecule has 1 atom stereocenters. The van der Waals surface area contributed by atoms with Gasteiger partial charge in [-0.3, -0.25) is 4.79 Å². The van der Waals surface area contributed by atoms with Gasteiger partial charge in [-0.2, -0.15) is 0 Å². The SMILES string of the molecule is COCC(C)(C)c1cccc(C(N)C(=O)O)c1. The topological polar surface area (TPSA) is 72.5 Å². The summed E-state index contributed by atoms with van der Waals surface area (Å²) >= 11 is 0. The number of carboxylic acids is 1. The van der Waals surface area contributed by atoms with Crippen LogP contribution in [0.5, 0.6) is 0 Å². The van der Waals surface area contributed by atoms with Crippen molar-refractivity contribution in [1.82, 2.24) is 0 Å². The Morgan fingerprint density at radius 3 is 2.71 bits per heavy atom. The van der Waals surface area contributed by atoms with Gasteiger partial charge < -0.3 is 15.6 Å². The lowest BCUT2D eigenvalue weighted by molar-refractivity contribution is -0.138. The van der Waals surface area contributed by atoms with E-state index in [4.69, 9.17) is 15.6 Å². The lowest BCUT2D eigenvalue weighted by Gasteiger charge is -2.25. The lowest BCUT2D eigenvalue weighted by Crippen LogP contribution is -2.25. The highest BCUT2D eigenvalue weighted by Gasteiger charge is 2.22. The van der Waals surface area contributed by atoms with Crippen LogP contribution in [0, 0.1) is 0 Å². The number of carbonyl (C=O) groups is 1. The molecule has 0 amide bonds. The maximum absolute atomic E-state index is 10.8. The first-order chi connectivity index (χ1) is 7.88. The van der Waals surface area contributed by atoms with Crippen LogP contribution in [0.4, 0.5) is 0 Å². The summed E-state index contributed by atoms with van der Waals surface area (Å²) in [6, 6.07) is 6.36. The Bertz CT molecular complexity index is 401. The highest BCUT2D eigenvalue weighted by atomic mass is 16.5. The van der Waals surface area contributed by atoms with E-state index in [2.05, 4.69) is 0 Å². The van der Waals surface area contributed by atoms with Crippen LogP contribution in [0.2, 0.25) is 0 Å². The van der Waals surface area contributed by atoms with E-state index in [9.17, 15) is 4.79 Å². The standard InChI is InChI=1S/C13H19NO3/c1-13(2,8-17-3)10-6-4-5-9(7-10)11(14)12(15)16/h4-7,11H,8,14H2,1-3H3,(H,15,16). The molecule has 1 aromatic rings. The van der Waals surface area contributed by atoms with E-state index in [-0.39, 0.29) is 5.41 Å². The summed E-state index contributed by atoms with van der Waals surface area (Å²) in [5.41, 5.74) is 7.06. The summed E-state index contributed by atoms with van der Waals surface area (Å²) < 4.78 is 5.16. The quantitative estimate of drug-likeness (QED) is 0.817. The second-order valence-corrected chi connectivity index (χ2v) is 4.76. The van der Waals surface area contributed by atoms with Gasteiger partial charge in [-0.25, -0.2) is 0 Å². The van der Waals surface area contributed by atoms with Crippen LogP contribution in [-0.4, -0.2) is 24.8 Å². The molecular formula is C13H19NO3. The molecule has 0 aromatic heterocycles. The normalized spacial score (nSPS) is 13.4. The molecule has 0 radical (unpaired) electrons. The van der Waals surface area contributed by atoms with Crippen molar-refractivity contribution in [3.63, 3.8) is 0 Å². The number of rotatable bonds is 5. The Balaban J connectivity index is 3.04. The number of ether oxygens (including phenoxy) is 1. The van der Waals surface area contributed by atoms with Crippen molar-refractivity contribution < 1.29 is 14.6 Å². The summed E-state index contributed by atoms with van der Waals surface area (Å²) in [6.45, 7) is 4.66. The molecule has 94 valence electrons. The number of benzene rings is 1. The van der Waals surface area contributed by atoms with Gasteiger partial charge in [-0.05, 0) is 11.1 Å². The third-order valence-electron chi connectivity index (χ3n) is 2.80. The van der Waals surface area contributed by atoms with Crippen molar-refractivity contribution in [2.75, 3.05) is 13.7 Å². The molecule has 4 nitrogen and oxygen atoms in total. The third kappa shape index (κ3) is 3.28. The fourth-order valence-electron chi connectivity index (χ4n) is 1.74. The van der Waals surface area contributed by atoms with Crippen LogP contribution in [-0.2, 0) is 14.9 Å². The first-order valence-electron chi connectivity index (χ1n) is 5.46. The number of hydrogen-bond acceptors (Lipinski definition) is 3. The van der Waals surface area contributed by atoms with Crippen molar-refractivity contribution in [3.05, 3.63) is 35.4 Å². The Morgan fingerprint density at radius 2 is 2.18 bits per heavy atom. The van der Waals surface area contributed by atoms with Crippen LogP contribution < -0.4 is 5.73 Å². The molecule has 17 heavy (non-hydrogen) atoms. The van der Waals surface area contributed by atoms with Crippen molar-refractivity contribution in [2.24, 2.45) is 5.73 Å². The molecule has 1 unspecified atom stereocenters. The molecule has 0 saturated heterocycles. The van der Waals surface area contributed by atoms with Gasteiger partial charge in [-0.15, -0.1) is 0 Å². The van der Waals surface area contributed by atoms with Crippen LogP contribution in [0.1, 0.15) is 31.0 Å². The molecule has 3 N–H and O–H groups in total. The maximum Gasteiger partial charge on any atom is 0.325 e. The van der Waals surface area contributed by atoms with Crippen LogP contribution >= 0.6 is 0 Å². The second-order valence-electron chi connectivity index (χ2n) is 4.76. The fourth-order valence-corrected chi connectivity index (χ4v) is 1.74. The molecule has 4 heteroatoms. The van der Waals surface area contributed by atoms with E-state index in [0.29, 0.717) is 12.2 Å². The predicted molar refractivity (Wildman–Crippen MR) is 65.9 cm³/mol. The summed E-state index contributed by atoms with van der Waals surface area (Å²) in [5, 5.41) is 8.88. The number of carboxylic acid groups (broad SMARTS) is 1. The highest BCUT2D eigenvalue weighted by molar-refractivity contribution is 5.75. The zero-order chi connectivity index (χ0) is 13.1. The zero-order valence-electron chi connectivity index (χ0n) is 10.4. The van der Waals surface area contributed by atoms with Crippen molar-refractivity contribution >= 4 is 5.97 Å². The number of hydrogen-bond donors (Lipinski definition) is 2. The molecule has 0 spiro atoms. The maximum atomic E-state index is 10.8. The molecule has 0 bridgehead atoms. The summed E-state index contributed by atoms with van der Waals surface area (Å²) in [4.78, 5) is 10.8. The molecule has 0 aliphatic carbocycles. The van der Waals surface area contributed by atoms with Gasteiger partial charge in [-0.1, -0.05) is 38.1 Å². The Hall–Kier alpha value is -1.39.